The standard InChI is InChI=1S/C20H25F3N4O4/c1-11(27-17(29)14(26-18(27)30)5-6-20(21,22)23)8-19(2)9-12(10-19)31-16-13(15(24)28)4-3-7-25-16/h3-4,7,11-12,14H,5-6,8-10H2,1-2H3,(H2,24,28)(H,26,30)/t11-,12?,14?,19?/m0/s1. The van der Waals surface area contributed by atoms with E-state index >= 15 is 0 Å². The van der Waals surface area contributed by atoms with E-state index in [1.165, 1.54) is 12.3 Å². The van der Waals surface area contributed by atoms with E-state index < -0.39 is 48.9 Å². The molecule has 31 heavy (non-hydrogen) atoms. The van der Waals surface area contributed by atoms with Gasteiger partial charge in [-0.05, 0) is 50.2 Å². The molecule has 2 heterocycles. The van der Waals surface area contributed by atoms with Crippen LogP contribution >= 0.6 is 0 Å². The summed E-state index contributed by atoms with van der Waals surface area (Å²) in [5, 5.41) is 2.35. The number of imide groups is 1. The van der Waals surface area contributed by atoms with E-state index in [2.05, 4.69) is 10.3 Å². The van der Waals surface area contributed by atoms with Gasteiger partial charge in [-0.1, -0.05) is 6.92 Å². The van der Waals surface area contributed by atoms with E-state index in [0.717, 1.165) is 4.90 Å². The van der Waals surface area contributed by atoms with Crippen LogP contribution in [0.15, 0.2) is 18.3 Å². The van der Waals surface area contributed by atoms with Crippen molar-refractivity contribution in [1.82, 2.24) is 15.2 Å². The zero-order valence-electron chi connectivity index (χ0n) is 17.2. The molecule has 0 bridgehead atoms. The molecule has 170 valence electrons. The fourth-order valence-electron chi connectivity index (χ4n) is 4.39. The zero-order valence-corrected chi connectivity index (χ0v) is 17.2. The first kappa shape index (κ1) is 22.8. The molecule has 3 N–H and O–H groups in total. The van der Waals surface area contributed by atoms with Crippen molar-refractivity contribution in [1.29, 1.82) is 0 Å². The lowest BCUT2D eigenvalue weighted by atomic mass is 9.65. The normalized spacial score (nSPS) is 26.9. The highest BCUT2D eigenvalue weighted by atomic mass is 19.4. The topological polar surface area (TPSA) is 115 Å². The summed E-state index contributed by atoms with van der Waals surface area (Å²) >= 11 is 0. The van der Waals surface area contributed by atoms with Crippen molar-refractivity contribution in [2.45, 2.75) is 70.3 Å². The molecule has 4 amide bonds. The molecule has 0 spiro atoms. The summed E-state index contributed by atoms with van der Waals surface area (Å²) in [6, 6.07) is 0.806. The van der Waals surface area contributed by atoms with Gasteiger partial charge in [-0.2, -0.15) is 13.2 Å². The van der Waals surface area contributed by atoms with Gasteiger partial charge in [-0.3, -0.25) is 14.5 Å². The predicted octanol–water partition coefficient (Wildman–Crippen LogP) is 2.77. The van der Waals surface area contributed by atoms with E-state index in [1.807, 2.05) is 6.92 Å². The fourth-order valence-corrected chi connectivity index (χ4v) is 4.39. The summed E-state index contributed by atoms with van der Waals surface area (Å²) in [5.74, 6) is -1.11. The summed E-state index contributed by atoms with van der Waals surface area (Å²) in [5.41, 5.74) is 5.27. The Balaban J connectivity index is 1.54. The molecule has 1 saturated heterocycles. The Morgan fingerprint density at radius 1 is 1.42 bits per heavy atom. The summed E-state index contributed by atoms with van der Waals surface area (Å²) in [7, 11) is 0. The lowest BCUT2D eigenvalue weighted by Gasteiger charge is -2.46. The minimum atomic E-state index is -4.39. The zero-order chi connectivity index (χ0) is 23.0. The number of carbonyl (C=O) groups excluding carboxylic acids is 3. The average molecular weight is 442 g/mol. The largest absolute Gasteiger partial charge is 0.474 e. The number of alkyl halides is 3. The maximum absolute atomic E-state index is 12.5. The van der Waals surface area contributed by atoms with Gasteiger partial charge in [0.25, 0.3) is 11.8 Å². The molecule has 2 fully saturated rings. The number of nitrogens with zero attached hydrogens (tertiary/aromatic N) is 2. The van der Waals surface area contributed by atoms with Gasteiger partial charge in [0, 0.05) is 18.7 Å². The second-order valence-corrected chi connectivity index (χ2v) is 8.60. The molecule has 1 unspecified atom stereocenters. The number of aromatic nitrogens is 1. The Labute approximate surface area is 177 Å². The molecule has 1 aliphatic heterocycles. The molecule has 1 aromatic heterocycles. The highest BCUT2D eigenvalue weighted by Gasteiger charge is 2.47. The van der Waals surface area contributed by atoms with Gasteiger partial charge in [-0.25, -0.2) is 9.78 Å². The predicted molar refractivity (Wildman–Crippen MR) is 103 cm³/mol. The molecule has 1 saturated carbocycles. The first-order valence-electron chi connectivity index (χ1n) is 10.0. The second-order valence-electron chi connectivity index (χ2n) is 8.60. The maximum atomic E-state index is 12.5. The molecular weight excluding hydrogens is 417 g/mol. The number of nitrogens with one attached hydrogen (secondary N) is 1. The number of nitrogens with two attached hydrogens (primary N) is 1. The third kappa shape index (κ3) is 5.26. The van der Waals surface area contributed by atoms with E-state index in [1.54, 1.807) is 13.0 Å². The van der Waals surface area contributed by atoms with Crippen molar-refractivity contribution < 1.29 is 32.3 Å². The van der Waals surface area contributed by atoms with E-state index in [9.17, 15) is 27.6 Å². The molecule has 1 aromatic rings. The van der Waals surface area contributed by atoms with Crippen LogP contribution in [0.3, 0.4) is 0 Å². The van der Waals surface area contributed by atoms with Crippen molar-refractivity contribution in [3.63, 3.8) is 0 Å². The monoisotopic (exact) mass is 442 g/mol. The van der Waals surface area contributed by atoms with Crippen molar-refractivity contribution in [2.75, 3.05) is 0 Å². The molecule has 11 heteroatoms. The number of hydrogen-bond acceptors (Lipinski definition) is 5. The molecule has 8 nitrogen and oxygen atoms in total. The quantitative estimate of drug-likeness (QED) is 0.601. The Kier molecular flexibility index (Phi) is 6.15. The van der Waals surface area contributed by atoms with Crippen LogP contribution in [-0.2, 0) is 4.79 Å². The Morgan fingerprint density at radius 3 is 2.71 bits per heavy atom. The summed E-state index contributed by atoms with van der Waals surface area (Å²) in [6.45, 7) is 3.68. The van der Waals surface area contributed by atoms with Crippen molar-refractivity contribution >= 4 is 17.8 Å². The number of halogens is 3. The highest BCUT2D eigenvalue weighted by molar-refractivity contribution is 6.04. The molecule has 2 aliphatic rings. The van der Waals surface area contributed by atoms with Crippen LogP contribution in [0.25, 0.3) is 0 Å². The third-order valence-electron chi connectivity index (χ3n) is 5.75. The molecule has 0 radical (unpaired) electrons. The lowest BCUT2D eigenvalue weighted by Crippen LogP contribution is -2.48. The minimum absolute atomic E-state index is 0.164. The van der Waals surface area contributed by atoms with Crippen molar-refractivity contribution in [3.8, 4) is 5.88 Å². The lowest BCUT2D eigenvalue weighted by molar-refractivity contribution is -0.140. The first-order valence-corrected chi connectivity index (χ1v) is 10.0. The maximum Gasteiger partial charge on any atom is 0.389 e. The van der Waals surface area contributed by atoms with Crippen molar-refractivity contribution in [2.24, 2.45) is 11.1 Å². The molecule has 2 atom stereocenters. The average Bonchev–Trinajstić information content (AvgIpc) is 2.92. The number of amides is 4. The fraction of sp³-hybridized carbons (Fsp3) is 0.600. The van der Waals surface area contributed by atoms with Gasteiger partial charge in [0.05, 0.1) is 0 Å². The van der Waals surface area contributed by atoms with Gasteiger partial charge >= 0.3 is 12.2 Å². The summed E-state index contributed by atoms with van der Waals surface area (Å²) in [6.07, 6.45) is -3.02. The van der Waals surface area contributed by atoms with Gasteiger partial charge < -0.3 is 15.8 Å². The SMILES string of the molecule is C[C@@H](CC1(C)CC(Oc2ncccc2C(N)=O)C1)N1C(=O)NC(CCC(F)(F)F)C1=O. The number of ether oxygens (including phenoxy) is 1. The van der Waals surface area contributed by atoms with Crippen LogP contribution in [0.1, 0.15) is 56.3 Å². The second kappa shape index (κ2) is 8.35. The molecule has 0 aromatic carbocycles. The number of urea groups is 1. The van der Waals surface area contributed by atoms with E-state index in [4.69, 9.17) is 10.5 Å². The Bertz CT molecular complexity index is 870. The summed E-state index contributed by atoms with van der Waals surface area (Å²) in [4.78, 5) is 41.2. The number of hydrogen-bond donors (Lipinski definition) is 2. The van der Waals surface area contributed by atoms with Crippen LogP contribution in [0.2, 0.25) is 0 Å². The van der Waals surface area contributed by atoms with Gasteiger partial charge in [0.2, 0.25) is 5.88 Å². The molecular formula is C20H25F3N4O4. The minimum Gasteiger partial charge on any atom is -0.474 e. The number of pyridine rings is 1. The number of rotatable bonds is 8. The highest BCUT2D eigenvalue weighted by Crippen LogP contribution is 2.47. The number of primary amides is 1. The number of carbonyl (C=O) groups is 3. The molecule has 1 aliphatic carbocycles. The summed E-state index contributed by atoms with van der Waals surface area (Å²) < 4.78 is 43.1. The van der Waals surface area contributed by atoms with Gasteiger partial charge in [0.15, 0.2) is 0 Å². The first-order chi connectivity index (χ1) is 14.4. The smallest absolute Gasteiger partial charge is 0.389 e. The Morgan fingerprint density at radius 2 is 2.10 bits per heavy atom. The van der Waals surface area contributed by atoms with Crippen LogP contribution in [-0.4, -0.2) is 52.1 Å². The van der Waals surface area contributed by atoms with Gasteiger partial charge in [0.1, 0.15) is 17.7 Å². The Hall–Kier alpha value is -2.85. The molecule has 3 rings (SSSR count). The van der Waals surface area contributed by atoms with Crippen LogP contribution in [0, 0.1) is 5.41 Å². The third-order valence-corrected chi connectivity index (χ3v) is 5.75. The van der Waals surface area contributed by atoms with Crippen molar-refractivity contribution in [3.05, 3.63) is 23.9 Å². The van der Waals surface area contributed by atoms with Gasteiger partial charge in [-0.15, -0.1) is 0 Å². The van der Waals surface area contributed by atoms with Crippen LogP contribution in [0.5, 0.6) is 5.88 Å². The van der Waals surface area contributed by atoms with E-state index in [0.29, 0.717) is 19.3 Å². The van der Waals surface area contributed by atoms with Crippen LogP contribution < -0.4 is 15.8 Å². The van der Waals surface area contributed by atoms with Crippen LogP contribution in [0.4, 0.5) is 18.0 Å². The van der Waals surface area contributed by atoms with E-state index in [-0.39, 0.29) is 23.0 Å².